The molecule has 2 aliphatic rings. The highest BCUT2D eigenvalue weighted by molar-refractivity contribution is 7.86. The summed E-state index contributed by atoms with van der Waals surface area (Å²) >= 11 is 0. The zero-order valence-corrected chi connectivity index (χ0v) is 25.8. The maximum atomic E-state index is 4.84. The molecule has 4 aromatic rings. The first-order chi connectivity index (χ1) is 21.8. The van der Waals surface area contributed by atoms with Gasteiger partial charge in [-0.3, -0.25) is 19.9 Å². The van der Waals surface area contributed by atoms with Crippen LogP contribution >= 0.6 is 0 Å². The minimum atomic E-state index is -0.502. The van der Waals surface area contributed by atoms with Gasteiger partial charge in [-0.25, -0.2) is 9.98 Å². The molecule has 6 heterocycles. The average Bonchev–Trinajstić information content (AvgIpc) is 3.10. The lowest BCUT2D eigenvalue weighted by Gasteiger charge is -2.12. The number of amidine groups is 4. The van der Waals surface area contributed by atoms with E-state index in [1.165, 1.54) is 12.8 Å². The number of unbranched alkanes of at least 4 members (excludes halogenated alkanes) is 5. The first kappa shape index (κ1) is 29.6. The second kappa shape index (κ2) is 15.3. The average molecular weight is 621 g/mol. The minimum Gasteiger partial charge on any atom is -0.253 e. The van der Waals surface area contributed by atoms with E-state index in [9.17, 15) is 0 Å². The summed E-state index contributed by atoms with van der Waals surface area (Å²) in [6, 6.07) is 23.1. The molecule has 0 N–H and O–H groups in total. The van der Waals surface area contributed by atoms with Crippen molar-refractivity contribution in [2.75, 3.05) is 11.5 Å². The molecule has 0 bridgehead atoms. The normalized spacial score (nSPS) is 17.8. The van der Waals surface area contributed by atoms with Gasteiger partial charge in [0.2, 0.25) is 0 Å². The van der Waals surface area contributed by atoms with E-state index in [1.807, 2.05) is 72.8 Å². The van der Waals surface area contributed by atoms with E-state index < -0.39 is 21.8 Å². The summed E-state index contributed by atoms with van der Waals surface area (Å²) in [6.45, 7) is 0. The molecule has 2 unspecified atom stereocenters. The molecule has 0 spiro atoms. The van der Waals surface area contributed by atoms with Gasteiger partial charge in [0.25, 0.3) is 0 Å². The molecule has 12 heteroatoms. The first-order valence-corrected chi connectivity index (χ1v) is 17.3. The highest BCUT2D eigenvalue weighted by atomic mass is 32.2. The third-order valence-electron chi connectivity index (χ3n) is 6.67. The summed E-state index contributed by atoms with van der Waals surface area (Å²) in [6.07, 6.45) is 13.8. The fourth-order valence-electron chi connectivity index (χ4n) is 4.47. The van der Waals surface area contributed by atoms with Crippen LogP contribution in [0.25, 0.3) is 0 Å². The second-order valence-corrected chi connectivity index (χ2v) is 12.9. The molecule has 6 rings (SSSR count). The molecule has 2 aliphatic heterocycles. The smallest absolute Gasteiger partial charge is 0.188 e. The molecule has 0 aliphatic carbocycles. The summed E-state index contributed by atoms with van der Waals surface area (Å²) in [5, 5.41) is 0. The van der Waals surface area contributed by atoms with Crippen LogP contribution in [0.4, 0.5) is 0 Å². The molecule has 2 atom stereocenters. The zero-order valence-electron chi connectivity index (χ0n) is 24.2. The summed E-state index contributed by atoms with van der Waals surface area (Å²) in [4.78, 5) is 27.2. The highest BCUT2D eigenvalue weighted by Gasteiger charge is 2.17. The Labute approximate surface area is 262 Å². The van der Waals surface area contributed by atoms with Crippen LogP contribution in [0.15, 0.2) is 125 Å². The Bertz CT molecular complexity index is 1530. The van der Waals surface area contributed by atoms with E-state index >= 15 is 0 Å². The van der Waals surface area contributed by atoms with Gasteiger partial charge in [0.1, 0.15) is 22.8 Å². The molecule has 4 aromatic heterocycles. The number of aromatic nitrogens is 4. The number of hydrogen-bond acceptors (Lipinski definition) is 10. The number of pyridine rings is 4. The minimum absolute atomic E-state index is 0.502. The van der Waals surface area contributed by atoms with Crippen molar-refractivity contribution >= 4 is 45.1 Å². The van der Waals surface area contributed by atoms with Gasteiger partial charge in [0.15, 0.2) is 23.3 Å². The van der Waals surface area contributed by atoms with E-state index in [0.29, 0.717) is 23.3 Å². The van der Waals surface area contributed by atoms with E-state index in [0.717, 1.165) is 60.0 Å². The van der Waals surface area contributed by atoms with Gasteiger partial charge in [-0.05, 0) is 61.4 Å². The van der Waals surface area contributed by atoms with Crippen molar-refractivity contribution in [2.45, 2.75) is 38.5 Å². The van der Waals surface area contributed by atoms with E-state index in [2.05, 4.69) is 29.9 Å². The Morgan fingerprint density at radius 1 is 0.386 bits per heavy atom. The number of hydrogen-bond donors (Lipinski definition) is 0. The standard InChI is InChI=1S/C32H32N10S2/c1(3-13-23-43-39-29(25-15-5-9-19-33-25)37-30(40-43)26-16-6-10-20-34-26)2-4-14-24-44-41-31(27-17-7-11-21-35-27)38-32(42-44)28-18-8-12-22-36-28/h5-12,15-22H,1-4,13-14,23-24H2. The lowest BCUT2D eigenvalue weighted by Crippen LogP contribution is -2.15. The predicted molar refractivity (Wildman–Crippen MR) is 180 cm³/mol. The number of aliphatic imine (C=N–C) groups is 2. The van der Waals surface area contributed by atoms with Crippen molar-refractivity contribution in [3.05, 3.63) is 120 Å². The SMILES string of the molecule is c1ccc(C2=NC(c3ccccn3)=NS(CCCCCCCCS3=NC(c4ccccn4)=NC(c4ccccn4)=N3)=N2)nc1. The van der Waals surface area contributed by atoms with Crippen molar-refractivity contribution in [3.8, 4) is 0 Å². The highest BCUT2D eigenvalue weighted by Crippen LogP contribution is 2.16. The fraction of sp³-hybridized carbons (Fsp3) is 0.250. The predicted octanol–water partition coefficient (Wildman–Crippen LogP) is 6.16. The third kappa shape index (κ3) is 8.14. The van der Waals surface area contributed by atoms with Gasteiger partial charge < -0.3 is 0 Å². The molecule has 0 radical (unpaired) electrons. The van der Waals surface area contributed by atoms with Crippen molar-refractivity contribution in [2.24, 2.45) is 27.5 Å². The quantitative estimate of drug-likeness (QED) is 0.166. The Morgan fingerprint density at radius 2 is 0.727 bits per heavy atom. The zero-order chi connectivity index (χ0) is 29.8. The Balaban J connectivity index is 0.997. The molecule has 0 aromatic carbocycles. The van der Waals surface area contributed by atoms with Gasteiger partial charge in [-0.1, -0.05) is 49.9 Å². The maximum Gasteiger partial charge on any atom is 0.188 e. The Hall–Kier alpha value is -4.42. The largest absolute Gasteiger partial charge is 0.253 e. The van der Waals surface area contributed by atoms with Crippen LogP contribution in [0.3, 0.4) is 0 Å². The molecule has 44 heavy (non-hydrogen) atoms. The summed E-state index contributed by atoms with van der Waals surface area (Å²) in [7, 11) is -1.00. The van der Waals surface area contributed by atoms with Crippen LogP contribution in [0.5, 0.6) is 0 Å². The maximum absolute atomic E-state index is 4.84. The van der Waals surface area contributed by atoms with Crippen molar-refractivity contribution in [3.63, 3.8) is 0 Å². The lowest BCUT2D eigenvalue weighted by molar-refractivity contribution is 0.628. The molecular formula is C32H32N10S2. The van der Waals surface area contributed by atoms with Crippen molar-refractivity contribution < 1.29 is 0 Å². The van der Waals surface area contributed by atoms with Crippen LogP contribution in [-0.2, 0) is 21.8 Å². The Kier molecular flexibility index (Phi) is 10.3. The lowest BCUT2D eigenvalue weighted by atomic mass is 10.1. The van der Waals surface area contributed by atoms with E-state index in [4.69, 9.17) is 17.5 Å². The van der Waals surface area contributed by atoms with E-state index in [-0.39, 0.29) is 0 Å². The topological polar surface area (TPSA) is 126 Å². The van der Waals surface area contributed by atoms with E-state index in [1.54, 1.807) is 24.8 Å². The van der Waals surface area contributed by atoms with Gasteiger partial charge in [-0.15, -0.1) is 0 Å². The van der Waals surface area contributed by atoms with Crippen molar-refractivity contribution in [1.29, 1.82) is 0 Å². The molecule has 0 amide bonds. The molecule has 0 saturated heterocycles. The summed E-state index contributed by atoms with van der Waals surface area (Å²) in [5.74, 6) is 4.30. The van der Waals surface area contributed by atoms with Gasteiger partial charge in [-0.2, -0.15) is 17.5 Å². The van der Waals surface area contributed by atoms with Gasteiger partial charge >= 0.3 is 0 Å². The summed E-state index contributed by atoms with van der Waals surface area (Å²) < 4.78 is 19.4. The molecule has 0 saturated carbocycles. The van der Waals surface area contributed by atoms with Crippen LogP contribution < -0.4 is 0 Å². The molecule has 0 fully saturated rings. The monoisotopic (exact) mass is 620 g/mol. The van der Waals surface area contributed by atoms with Gasteiger partial charge in [0, 0.05) is 58.0 Å². The van der Waals surface area contributed by atoms with Crippen molar-refractivity contribution in [1.82, 2.24) is 19.9 Å². The third-order valence-corrected chi connectivity index (χ3v) is 9.51. The van der Waals surface area contributed by atoms with Crippen LogP contribution in [-0.4, -0.2) is 54.8 Å². The Morgan fingerprint density at radius 3 is 1.07 bits per heavy atom. The molecule has 10 nitrogen and oxygen atoms in total. The molecular weight excluding hydrogens is 589 g/mol. The van der Waals surface area contributed by atoms with Crippen LogP contribution in [0, 0.1) is 0 Å². The fourth-order valence-corrected chi connectivity index (χ4v) is 7.18. The van der Waals surface area contributed by atoms with Crippen LogP contribution in [0.1, 0.15) is 61.3 Å². The summed E-state index contributed by atoms with van der Waals surface area (Å²) in [5.41, 5.74) is 3.03. The van der Waals surface area contributed by atoms with Gasteiger partial charge in [0.05, 0.1) is 0 Å². The second-order valence-electron chi connectivity index (χ2n) is 9.95. The number of nitrogens with zero attached hydrogens (tertiary/aromatic N) is 10. The first-order valence-electron chi connectivity index (χ1n) is 14.7. The number of rotatable bonds is 13. The van der Waals surface area contributed by atoms with Crippen LogP contribution in [0.2, 0.25) is 0 Å². The molecule has 222 valence electrons.